The minimum Gasteiger partial charge on any atom is -0.480 e. The molecule has 200 valence electrons. The van der Waals surface area contributed by atoms with Crippen molar-refractivity contribution in [3.05, 3.63) is 83.9 Å². The van der Waals surface area contributed by atoms with Crippen LogP contribution in [-0.2, 0) is 32.0 Å². The molecule has 0 unspecified atom stereocenters. The van der Waals surface area contributed by atoms with Crippen LogP contribution in [0, 0.1) is 0 Å². The smallest absolute Gasteiger partial charge is 0.328 e. The van der Waals surface area contributed by atoms with Crippen molar-refractivity contribution in [3.8, 4) is 0 Å². The number of nitrogens with two attached hydrogens (primary N) is 1. The molecule has 0 saturated heterocycles. The summed E-state index contributed by atoms with van der Waals surface area (Å²) in [6, 6.07) is 19.2. The van der Waals surface area contributed by atoms with Gasteiger partial charge in [0.1, 0.15) is 6.04 Å². The van der Waals surface area contributed by atoms with Gasteiger partial charge in [-0.1, -0.05) is 72.8 Å². The number of carboxylic acid groups (broad SMARTS) is 1. The van der Waals surface area contributed by atoms with E-state index in [-0.39, 0.29) is 12.8 Å². The maximum absolute atomic E-state index is 13.0. The van der Waals surface area contributed by atoms with Gasteiger partial charge in [0, 0.05) is 6.42 Å². The second kappa shape index (κ2) is 13.3. The van der Waals surface area contributed by atoms with Crippen LogP contribution in [0.25, 0.3) is 10.8 Å². The molecule has 10 heteroatoms. The van der Waals surface area contributed by atoms with Crippen molar-refractivity contribution in [1.82, 2.24) is 16.0 Å². The van der Waals surface area contributed by atoms with Crippen LogP contribution in [0.15, 0.2) is 72.8 Å². The van der Waals surface area contributed by atoms with Crippen molar-refractivity contribution in [3.63, 3.8) is 0 Å². The first-order chi connectivity index (χ1) is 18.1. The van der Waals surface area contributed by atoms with Gasteiger partial charge < -0.3 is 31.9 Å². The second-order valence-electron chi connectivity index (χ2n) is 9.08. The van der Waals surface area contributed by atoms with Gasteiger partial charge in [-0.2, -0.15) is 0 Å². The van der Waals surface area contributed by atoms with Crippen LogP contribution >= 0.6 is 0 Å². The Labute approximate surface area is 220 Å². The molecule has 0 bridgehead atoms. The zero-order valence-corrected chi connectivity index (χ0v) is 21.0. The summed E-state index contributed by atoms with van der Waals surface area (Å²) in [5, 5.41) is 28.0. The Morgan fingerprint density at radius 1 is 0.816 bits per heavy atom. The zero-order valence-electron chi connectivity index (χ0n) is 21.0. The van der Waals surface area contributed by atoms with E-state index in [1.165, 1.54) is 6.92 Å². The molecule has 0 saturated carbocycles. The van der Waals surface area contributed by atoms with Crippen LogP contribution in [-0.4, -0.2) is 64.7 Å². The van der Waals surface area contributed by atoms with Crippen LogP contribution in [0.5, 0.6) is 0 Å². The fourth-order valence-corrected chi connectivity index (χ4v) is 3.95. The van der Waals surface area contributed by atoms with Gasteiger partial charge in [0.05, 0.1) is 18.7 Å². The SMILES string of the molecule is C[C@H](O)[C@@H](NC(=O)CNC(=O)[C@@H](Cc1ccccc1)NC(=O)[C@H](N)Cc1ccc2ccccc2c1)C(=O)O. The number of aliphatic hydroxyl groups is 1. The molecule has 0 heterocycles. The van der Waals surface area contributed by atoms with Crippen LogP contribution in [0.2, 0.25) is 0 Å². The number of benzene rings is 3. The highest BCUT2D eigenvalue weighted by Gasteiger charge is 2.27. The summed E-state index contributed by atoms with van der Waals surface area (Å²) in [4.78, 5) is 49.3. The fraction of sp³-hybridized carbons (Fsp3) is 0.286. The molecule has 0 aromatic heterocycles. The van der Waals surface area contributed by atoms with E-state index in [2.05, 4.69) is 16.0 Å². The van der Waals surface area contributed by atoms with E-state index in [0.717, 1.165) is 21.9 Å². The maximum atomic E-state index is 13.0. The molecule has 10 nitrogen and oxygen atoms in total. The van der Waals surface area contributed by atoms with Crippen LogP contribution in [0.3, 0.4) is 0 Å². The molecular weight excluding hydrogens is 488 g/mol. The summed E-state index contributed by atoms with van der Waals surface area (Å²) in [6.45, 7) is 0.684. The highest BCUT2D eigenvalue weighted by atomic mass is 16.4. The standard InChI is InChI=1S/C28H32N4O6/c1-17(33)25(28(37)38)32-24(34)16-30-27(36)23(15-18-7-3-2-4-8-18)31-26(35)22(29)14-19-11-12-20-9-5-6-10-21(20)13-19/h2-13,17,22-23,25,33H,14-16,29H2,1H3,(H,30,36)(H,31,35)(H,32,34)(H,37,38)/t17-,22+,23+,25+/m0/s1. The van der Waals surface area contributed by atoms with E-state index < -0.39 is 54.5 Å². The van der Waals surface area contributed by atoms with E-state index in [9.17, 15) is 24.3 Å². The molecular formula is C28H32N4O6. The maximum Gasteiger partial charge on any atom is 0.328 e. The molecule has 3 aromatic rings. The molecule has 3 amide bonds. The van der Waals surface area contributed by atoms with Crippen molar-refractivity contribution >= 4 is 34.5 Å². The normalized spacial score (nSPS) is 14.1. The van der Waals surface area contributed by atoms with Gasteiger partial charge in [0.25, 0.3) is 0 Å². The minimum atomic E-state index is -1.52. The number of carboxylic acids is 1. The van der Waals surface area contributed by atoms with Gasteiger partial charge in [0.2, 0.25) is 17.7 Å². The topological polar surface area (TPSA) is 171 Å². The lowest BCUT2D eigenvalue weighted by atomic mass is 10.0. The summed E-state index contributed by atoms with van der Waals surface area (Å²) in [5.41, 5.74) is 7.83. The molecule has 0 aliphatic rings. The van der Waals surface area contributed by atoms with Crippen molar-refractivity contribution in [1.29, 1.82) is 0 Å². The van der Waals surface area contributed by atoms with Gasteiger partial charge >= 0.3 is 5.97 Å². The molecule has 0 aliphatic heterocycles. The number of aliphatic hydroxyl groups excluding tert-OH is 1. The predicted octanol–water partition coefficient (Wildman–Crippen LogP) is 0.504. The second-order valence-corrected chi connectivity index (χ2v) is 9.08. The first-order valence-electron chi connectivity index (χ1n) is 12.2. The van der Waals surface area contributed by atoms with Crippen LogP contribution in [0.1, 0.15) is 18.1 Å². The van der Waals surface area contributed by atoms with Gasteiger partial charge in [0.15, 0.2) is 6.04 Å². The Morgan fingerprint density at radius 3 is 2.13 bits per heavy atom. The Bertz CT molecular complexity index is 1280. The Hall–Kier alpha value is -4.28. The molecule has 0 spiro atoms. The predicted molar refractivity (Wildman–Crippen MR) is 142 cm³/mol. The molecule has 7 N–H and O–H groups in total. The van der Waals surface area contributed by atoms with Gasteiger partial charge in [-0.15, -0.1) is 0 Å². The number of fused-ring (bicyclic) bond motifs is 1. The first-order valence-corrected chi connectivity index (χ1v) is 12.2. The van der Waals surface area contributed by atoms with E-state index in [1.807, 2.05) is 48.5 Å². The lowest BCUT2D eigenvalue weighted by Crippen LogP contribution is -2.55. The molecule has 0 radical (unpaired) electrons. The number of aliphatic carboxylic acids is 1. The fourth-order valence-electron chi connectivity index (χ4n) is 3.95. The third-order valence-electron chi connectivity index (χ3n) is 6.01. The third kappa shape index (κ3) is 8.12. The molecule has 0 aliphatic carbocycles. The zero-order chi connectivity index (χ0) is 27.7. The average Bonchev–Trinajstić information content (AvgIpc) is 2.90. The van der Waals surface area contributed by atoms with E-state index in [1.54, 1.807) is 24.3 Å². The third-order valence-corrected chi connectivity index (χ3v) is 6.01. The van der Waals surface area contributed by atoms with E-state index in [0.29, 0.717) is 0 Å². The summed E-state index contributed by atoms with van der Waals surface area (Å²) in [5.74, 6) is -3.38. The number of rotatable bonds is 12. The molecule has 0 fully saturated rings. The number of hydrogen-bond donors (Lipinski definition) is 6. The summed E-state index contributed by atoms with van der Waals surface area (Å²) in [7, 11) is 0. The van der Waals surface area contributed by atoms with Crippen molar-refractivity contribution in [2.24, 2.45) is 5.73 Å². The Balaban J connectivity index is 1.65. The van der Waals surface area contributed by atoms with Crippen LogP contribution in [0.4, 0.5) is 0 Å². The van der Waals surface area contributed by atoms with Gasteiger partial charge in [-0.25, -0.2) is 4.79 Å². The molecule has 3 aromatic carbocycles. The van der Waals surface area contributed by atoms with Crippen molar-refractivity contribution in [2.45, 2.75) is 44.0 Å². The number of amides is 3. The highest BCUT2D eigenvalue weighted by Crippen LogP contribution is 2.16. The summed E-state index contributed by atoms with van der Waals surface area (Å²) in [6.07, 6.45) is -0.926. The Morgan fingerprint density at radius 2 is 1.47 bits per heavy atom. The Kier molecular flexibility index (Phi) is 9.92. The van der Waals surface area contributed by atoms with E-state index >= 15 is 0 Å². The number of carbonyl (C=O) groups excluding carboxylic acids is 3. The average molecular weight is 521 g/mol. The largest absolute Gasteiger partial charge is 0.480 e. The lowest BCUT2D eigenvalue weighted by molar-refractivity contribution is -0.144. The van der Waals surface area contributed by atoms with Gasteiger partial charge in [-0.05, 0) is 35.2 Å². The van der Waals surface area contributed by atoms with Crippen molar-refractivity contribution < 1.29 is 29.4 Å². The van der Waals surface area contributed by atoms with Crippen LogP contribution < -0.4 is 21.7 Å². The molecule has 4 atom stereocenters. The molecule has 38 heavy (non-hydrogen) atoms. The van der Waals surface area contributed by atoms with Crippen molar-refractivity contribution in [2.75, 3.05) is 6.54 Å². The minimum absolute atomic E-state index is 0.147. The monoisotopic (exact) mass is 520 g/mol. The number of carbonyl (C=O) groups is 4. The van der Waals surface area contributed by atoms with Gasteiger partial charge in [-0.3, -0.25) is 14.4 Å². The quantitative estimate of drug-likeness (QED) is 0.202. The summed E-state index contributed by atoms with van der Waals surface area (Å²) < 4.78 is 0. The number of hydrogen-bond acceptors (Lipinski definition) is 6. The summed E-state index contributed by atoms with van der Waals surface area (Å²) >= 11 is 0. The number of nitrogens with one attached hydrogen (secondary N) is 3. The first kappa shape index (κ1) is 28.3. The highest BCUT2D eigenvalue weighted by molar-refractivity contribution is 5.93. The molecule has 3 rings (SSSR count). The van der Waals surface area contributed by atoms with E-state index in [4.69, 9.17) is 10.8 Å². The lowest BCUT2D eigenvalue weighted by Gasteiger charge is -2.22.